The molecule has 1 amide bonds. The van der Waals surface area contributed by atoms with E-state index < -0.39 is 5.82 Å². The summed E-state index contributed by atoms with van der Waals surface area (Å²) in [6.45, 7) is 3.45. The second kappa shape index (κ2) is 9.41. The molecule has 0 N–H and O–H groups in total. The minimum atomic E-state index is -0.413. The minimum absolute atomic E-state index is 0.0235. The fraction of sp³-hybridized carbons (Fsp3) is 0.524. The molecule has 1 aromatic carbocycles. The zero-order valence-corrected chi connectivity index (χ0v) is 17.8. The van der Waals surface area contributed by atoms with Gasteiger partial charge in [-0.05, 0) is 37.8 Å². The first-order chi connectivity index (χ1) is 14.1. The van der Waals surface area contributed by atoms with Gasteiger partial charge < -0.3 is 9.64 Å². The molecule has 2 fully saturated rings. The van der Waals surface area contributed by atoms with Gasteiger partial charge in [0.1, 0.15) is 11.9 Å². The number of aromatic nitrogens is 1. The van der Waals surface area contributed by atoms with E-state index in [1.54, 1.807) is 18.3 Å². The highest BCUT2D eigenvalue weighted by molar-refractivity contribution is 7.11. The van der Waals surface area contributed by atoms with Crippen LogP contribution in [0.3, 0.4) is 0 Å². The molecule has 2 aromatic rings. The van der Waals surface area contributed by atoms with E-state index in [1.807, 2.05) is 10.3 Å². The molecule has 0 bridgehead atoms. The van der Waals surface area contributed by atoms with Crippen molar-refractivity contribution in [3.8, 4) is 5.19 Å². The number of rotatable bonds is 5. The van der Waals surface area contributed by atoms with Crippen molar-refractivity contribution in [3.63, 3.8) is 0 Å². The Balaban J connectivity index is 1.23. The molecule has 0 unspecified atom stereocenters. The van der Waals surface area contributed by atoms with Gasteiger partial charge in [0.15, 0.2) is 0 Å². The molecule has 0 atom stereocenters. The molecular weight excluding hydrogens is 413 g/mol. The third kappa shape index (κ3) is 5.08. The summed E-state index contributed by atoms with van der Waals surface area (Å²) in [6.07, 6.45) is 5.95. The Morgan fingerprint density at radius 2 is 1.97 bits per heavy atom. The van der Waals surface area contributed by atoms with Crippen LogP contribution in [-0.2, 0) is 11.2 Å². The Labute approximate surface area is 179 Å². The van der Waals surface area contributed by atoms with E-state index in [0.717, 1.165) is 44.0 Å². The van der Waals surface area contributed by atoms with Crippen LogP contribution >= 0.6 is 22.9 Å². The Bertz CT molecular complexity index is 799. The molecule has 0 spiro atoms. The smallest absolute Gasteiger partial charge is 0.273 e. The molecule has 156 valence electrons. The van der Waals surface area contributed by atoms with Crippen LogP contribution in [0.15, 0.2) is 29.8 Å². The molecule has 8 heteroatoms. The normalized spacial score (nSPS) is 19.4. The average Bonchev–Trinajstić information content (AvgIpc) is 3.24. The summed E-state index contributed by atoms with van der Waals surface area (Å²) in [5, 5.41) is 3.00. The first kappa shape index (κ1) is 20.6. The maximum absolute atomic E-state index is 14.0. The van der Waals surface area contributed by atoms with Crippen LogP contribution in [0, 0.1) is 5.82 Å². The van der Waals surface area contributed by atoms with Gasteiger partial charge in [0.2, 0.25) is 5.91 Å². The number of hydrogen-bond acceptors (Lipinski definition) is 5. The molecular formula is C21H25ClFN3O2S. The van der Waals surface area contributed by atoms with Crippen molar-refractivity contribution in [1.82, 2.24) is 14.8 Å². The number of benzene rings is 1. The van der Waals surface area contributed by atoms with E-state index in [4.69, 9.17) is 16.3 Å². The SMILES string of the molecule is O=C(Cc1c(F)cccc1Cl)N1CCC(N2CCC(Oc3nccs3)CC2)CC1. The van der Waals surface area contributed by atoms with Crippen LogP contribution in [-0.4, -0.2) is 59.0 Å². The van der Waals surface area contributed by atoms with Gasteiger partial charge in [-0.2, -0.15) is 0 Å². The highest BCUT2D eigenvalue weighted by Gasteiger charge is 2.30. The number of thiazole rings is 1. The predicted octanol–water partition coefficient (Wildman–Crippen LogP) is 4.01. The summed E-state index contributed by atoms with van der Waals surface area (Å²) in [7, 11) is 0. The summed E-state index contributed by atoms with van der Waals surface area (Å²) in [5.74, 6) is -0.463. The lowest BCUT2D eigenvalue weighted by molar-refractivity contribution is -0.132. The van der Waals surface area contributed by atoms with E-state index in [1.165, 1.54) is 17.4 Å². The molecule has 0 radical (unpaired) electrons. The molecule has 2 aliphatic heterocycles. The van der Waals surface area contributed by atoms with Crippen molar-refractivity contribution < 1.29 is 13.9 Å². The van der Waals surface area contributed by atoms with Crippen molar-refractivity contribution in [2.75, 3.05) is 26.2 Å². The van der Waals surface area contributed by atoms with Gasteiger partial charge in [-0.25, -0.2) is 9.37 Å². The summed E-state index contributed by atoms with van der Waals surface area (Å²) in [5.41, 5.74) is 0.295. The Morgan fingerprint density at radius 3 is 2.62 bits per heavy atom. The summed E-state index contributed by atoms with van der Waals surface area (Å²) in [6, 6.07) is 5.03. The zero-order chi connectivity index (χ0) is 20.2. The van der Waals surface area contributed by atoms with Gasteiger partial charge >= 0.3 is 0 Å². The van der Waals surface area contributed by atoms with E-state index >= 15 is 0 Å². The number of nitrogens with zero attached hydrogens (tertiary/aromatic N) is 3. The van der Waals surface area contributed by atoms with Crippen LogP contribution in [0.2, 0.25) is 5.02 Å². The van der Waals surface area contributed by atoms with E-state index in [2.05, 4.69) is 9.88 Å². The summed E-state index contributed by atoms with van der Waals surface area (Å²) in [4.78, 5) is 21.2. The van der Waals surface area contributed by atoms with Crippen molar-refractivity contribution in [2.45, 2.75) is 44.2 Å². The predicted molar refractivity (Wildman–Crippen MR) is 112 cm³/mol. The quantitative estimate of drug-likeness (QED) is 0.709. The summed E-state index contributed by atoms with van der Waals surface area (Å²) < 4.78 is 19.9. The number of halogens is 2. The monoisotopic (exact) mass is 437 g/mol. The molecule has 4 rings (SSSR count). The van der Waals surface area contributed by atoms with Crippen molar-refractivity contribution in [3.05, 3.63) is 46.2 Å². The largest absolute Gasteiger partial charge is 0.467 e. The second-order valence-electron chi connectivity index (χ2n) is 7.64. The van der Waals surface area contributed by atoms with Gasteiger partial charge in [0, 0.05) is 54.4 Å². The zero-order valence-electron chi connectivity index (χ0n) is 16.2. The van der Waals surface area contributed by atoms with Crippen LogP contribution < -0.4 is 4.74 Å². The number of hydrogen-bond donors (Lipinski definition) is 0. The fourth-order valence-electron chi connectivity index (χ4n) is 4.21. The van der Waals surface area contributed by atoms with E-state index in [-0.39, 0.29) is 18.4 Å². The Morgan fingerprint density at radius 1 is 1.21 bits per heavy atom. The number of carbonyl (C=O) groups excluding carboxylic acids is 1. The molecule has 1 aromatic heterocycles. The molecule has 2 aliphatic rings. The summed E-state index contributed by atoms with van der Waals surface area (Å²) >= 11 is 7.60. The first-order valence-corrected chi connectivity index (χ1v) is 11.4. The molecule has 5 nitrogen and oxygen atoms in total. The molecule has 3 heterocycles. The lowest BCUT2D eigenvalue weighted by Crippen LogP contribution is -2.50. The number of amides is 1. The lowest BCUT2D eigenvalue weighted by Gasteiger charge is -2.41. The van der Waals surface area contributed by atoms with E-state index in [9.17, 15) is 9.18 Å². The number of likely N-dealkylation sites (tertiary alicyclic amines) is 2. The molecule has 0 aliphatic carbocycles. The van der Waals surface area contributed by atoms with Crippen LogP contribution in [0.5, 0.6) is 5.19 Å². The van der Waals surface area contributed by atoms with Gasteiger partial charge in [0.05, 0.1) is 6.42 Å². The maximum atomic E-state index is 14.0. The maximum Gasteiger partial charge on any atom is 0.273 e. The van der Waals surface area contributed by atoms with Crippen LogP contribution in [0.4, 0.5) is 4.39 Å². The highest BCUT2D eigenvalue weighted by Crippen LogP contribution is 2.26. The standard InChI is InChI=1S/C21H25ClFN3O2S/c22-18-2-1-3-19(23)17(18)14-20(27)26-9-4-15(5-10-26)25-11-6-16(7-12-25)28-21-24-8-13-29-21/h1-3,8,13,15-16H,4-7,9-12,14H2. The number of piperidine rings is 2. The van der Waals surface area contributed by atoms with Gasteiger partial charge in [-0.15, -0.1) is 0 Å². The van der Waals surface area contributed by atoms with E-state index in [0.29, 0.717) is 29.7 Å². The third-order valence-electron chi connectivity index (χ3n) is 5.88. The number of carbonyl (C=O) groups is 1. The molecule has 29 heavy (non-hydrogen) atoms. The van der Waals surface area contributed by atoms with Crippen LogP contribution in [0.25, 0.3) is 0 Å². The topological polar surface area (TPSA) is 45.7 Å². The fourth-order valence-corrected chi connectivity index (χ4v) is 5.00. The second-order valence-corrected chi connectivity index (χ2v) is 8.90. The minimum Gasteiger partial charge on any atom is -0.467 e. The third-order valence-corrected chi connectivity index (χ3v) is 6.89. The molecule has 2 saturated heterocycles. The number of ether oxygens (including phenoxy) is 1. The molecule has 0 saturated carbocycles. The van der Waals surface area contributed by atoms with Gasteiger partial charge in [-0.1, -0.05) is 29.0 Å². The van der Waals surface area contributed by atoms with Crippen molar-refractivity contribution in [1.29, 1.82) is 0 Å². The van der Waals surface area contributed by atoms with Crippen molar-refractivity contribution in [2.24, 2.45) is 0 Å². The van der Waals surface area contributed by atoms with Crippen LogP contribution in [0.1, 0.15) is 31.2 Å². The van der Waals surface area contributed by atoms with Gasteiger partial charge in [0.25, 0.3) is 5.19 Å². The van der Waals surface area contributed by atoms with Gasteiger partial charge in [-0.3, -0.25) is 9.69 Å². The lowest BCUT2D eigenvalue weighted by atomic mass is 9.98. The Hall–Kier alpha value is -1.70. The first-order valence-electron chi connectivity index (χ1n) is 10.1. The van der Waals surface area contributed by atoms with Crippen molar-refractivity contribution >= 4 is 28.8 Å². The highest BCUT2D eigenvalue weighted by atomic mass is 35.5. The Kier molecular flexibility index (Phi) is 6.67. The average molecular weight is 438 g/mol.